The summed E-state index contributed by atoms with van der Waals surface area (Å²) in [7, 11) is 0. The van der Waals surface area contributed by atoms with E-state index in [2.05, 4.69) is 4.74 Å². The Hall–Kier alpha value is -0.260. The van der Waals surface area contributed by atoms with Gasteiger partial charge in [0.2, 0.25) is 5.91 Å². The zero-order chi connectivity index (χ0) is 7.82. The largest absolute Gasteiger partial charge is 0.371 e. The van der Waals surface area contributed by atoms with Gasteiger partial charge >= 0.3 is 0 Å². The molecule has 3 N–H and O–H groups in total. The fourth-order valence-electron chi connectivity index (χ4n) is 0.355. The highest BCUT2D eigenvalue weighted by atomic mass is 32.2. The van der Waals surface area contributed by atoms with Gasteiger partial charge in [0, 0.05) is 5.75 Å². The molecule has 0 heterocycles. The van der Waals surface area contributed by atoms with E-state index in [1.165, 1.54) is 11.8 Å². The SMILES string of the molecule is NC(=O)CSCCOCO. The minimum absolute atomic E-state index is 0.267. The molecule has 5 heteroatoms. The Kier molecular flexibility index (Phi) is 6.68. The van der Waals surface area contributed by atoms with Gasteiger partial charge in [-0.1, -0.05) is 0 Å². The Morgan fingerprint density at radius 2 is 2.40 bits per heavy atom. The number of nitrogens with two attached hydrogens (primary N) is 1. The summed E-state index contributed by atoms with van der Waals surface area (Å²) in [6, 6.07) is 0. The lowest BCUT2D eigenvalue weighted by Gasteiger charge is -1.97. The lowest BCUT2D eigenvalue weighted by atomic mass is 10.8. The Labute approximate surface area is 63.7 Å². The number of ether oxygens (including phenoxy) is 1. The molecule has 0 bridgehead atoms. The van der Waals surface area contributed by atoms with Crippen molar-refractivity contribution in [2.75, 3.05) is 24.9 Å². The standard InChI is InChI=1S/C5H11NO3S/c6-5(8)3-10-2-1-9-4-7/h7H,1-4H2,(H2,6,8). The highest BCUT2D eigenvalue weighted by Crippen LogP contribution is 1.96. The molecule has 0 saturated heterocycles. The molecule has 1 amide bonds. The van der Waals surface area contributed by atoms with Crippen LogP contribution >= 0.6 is 11.8 Å². The Bertz CT molecular complexity index is 98.9. The number of primary amides is 1. The average Bonchev–Trinajstić information content (AvgIpc) is 1.87. The van der Waals surface area contributed by atoms with Crippen molar-refractivity contribution in [3.63, 3.8) is 0 Å². The maximum absolute atomic E-state index is 10.1. The highest BCUT2D eigenvalue weighted by Gasteiger charge is 1.93. The normalized spacial score (nSPS) is 9.70. The van der Waals surface area contributed by atoms with Gasteiger partial charge in [0.25, 0.3) is 0 Å². The third-order valence-electron chi connectivity index (χ3n) is 0.708. The number of thioether (sulfide) groups is 1. The summed E-state index contributed by atoms with van der Waals surface area (Å²) in [6.45, 7) is 0.186. The summed E-state index contributed by atoms with van der Waals surface area (Å²) >= 11 is 1.39. The monoisotopic (exact) mass is 165 g/mol. The number of amides is 1. The van der Waals surface area contributed by atoms with Crippen molar-refractivity contribution in [2.24, 2.45) is 5.73 Å². The second kappa shape index (κ2) is 6.85. The quantitative estimate of drug-likeness (QED) is 0.398. The van der Waals surface area contributed by atoms with E-state index in [-0.39, 0.29) is 12.7 Å². The fraction of sp³-hybridized carbons (Fsp3) is 0.800. The second-order valence-corrected chi connectivity index (χ2v) is 2.66. The van der Waals surface area contributed by atoms with Gasteiger partial charge in [-0.2, -0.15) is 0 Å². The van der Waals surface area contributed by atoms with Crippen molar-refractivity contribution in [1.29, 1.82) is 0 Å². The first-order valence-electron chi connectivity index (χ1n) is 2.82. The fourth-order valence-corrected chi connectivity index (χ4v) is 0.936. The van der Waals surface area contributed by atoms with Gasteiger partial charge in [-0.05, 0) is 0 Å². The van der Waals surface area contributed by atoms with E-state index >= 15 is 0 Å². The van der Waals surface area contributed by atoms with E-state index in [4.69, 9.17) is 10.8 Å². The van der Waals surface area contributed by atoms with Crippen LogP contribution in [0.2, 0.25) is 0 Å². The third-order valence-corrected chi connectivity index (χ3v) is 1.65. The summed E-state index contributed by atoms with van der Waals surface area (Å²) in [5, 5.41) is 8.15. The molecule has 0 rings (SSSR count). The van der Waals surface area contributed by atoms with E-state index in [9.17, 15) is 4.79 Å². The molecule has 60 valence electrons. The van der Waals surface area contributed by atoms with E-state index in [0.29, 0.717) is 18.1 Å². The van der Waals surface area contributed by atoms with Crippen molar-refractivity contribution in [2.45, 2.75) is 0 Å². The van der Waals surface area contributed by atoms with Crippen LogP contribution in [-0.4, -0.2) is 35.9 Å². The zero-order valence-electron chi connectivity index (χ0n) is 5.58. The Morgan fingerprint density at radius 1 is 1.70 bits per heavy atom. The summed E-state index contributed by atoms with van der Waals surface area (Å²) in [6.07, 6.45) is 0. The maximum Gasteiger partial charge on any atom is 0.227 e. The number of hydrogen-bond donors (Lipinski definition) is 2. The van der Waals surface area contributed by atoms with Crippen LogP contribution in [0.4, 0.5) is 0 Å². The molecular weight excluding hydrogens is 154 g/mol. The van der Waals surface area contributed by atoms with Gasteiger partial charge in [0.15, 0.2) is 0 Å². The van der Waals surface area contributed by atoms with E-state index < -0.39 is 0 Å². The number of carbonyl (C=O) groups is 1. The lowest BCUT2D eigenvalue weighted by Crippen LogP contribution is -2.14. The number of rotatable bonds is 6. The molecule has 0 fully saturated rings. The molecular formula is C5H11NO3S. The van der Waals surface area contributed by atoms with Crippen LogP contribution in [0, 0.1) is 0 Å². The highest BCUT2D eigenvalue weighted by molar-refractivity contribution is 7.99. The van der Waals surface area contributed by atoms with Crippen molar-refractivity contribution in [1.82, 2.24) is 0 Å². The van der Waals surface area contributed by atoms with Gasteiger partial charge in [0.05, 0.1) is 12.4 Å². The van der Waals surface area contributed by atoms with Crippen LogP contribution in [-0.2, 0) is 9.53 Å². The smallest absolute Gasteiger partial charge is 0.227 e. The van der Waals surface area contributed by atoms with Gasteiger partial charge in [0.1, 0.15) is 6.79 Å². The van der Waals surface area contributed by atoms with Gasteiger partial charge in [-0.25, -0.2) is 0 Å². The zero-order valence-corrected chi connectivity index (χ0v) is 6.39. The molecule has 0 aliphatic heterocycles. The topological polar surface area (TPSA) is 72.6 Å². The van der Waals surface area contributed by atoms with Crippen LogP contribution in [0.15, 0.2) is 0 Å². The van der Waals surface area contributed by atoms with Crippen LogP contribution in [0.25, 0.3) is 0 Å². The molecule has 0 unspecified atom stereocenters. The van der Waals surface area contributed by atoms with Crippen LogP contribution in [0.3, 0.4) is 0 Å². The van der Waals surface area contributed by atoms with E-state index in [1.54, 1.807) is 0 Å². The first kappa shape index (κ1) is 9.74. The number of carbonyl (C=O) groups excluding carboxylic acids is 1. The van der Waals surface area contributed by atoms with Crippen LogP contribution < -0.4 is 5.73 Å². The van der Waals surface area contributed by atoms with Crippen molar-refractivity contribution >= 4 is 17.7 Å². The predicted octanol–water partition coefficient (Wildman–Crippen LogP) is -0.829. The first-order valence-corrected chi connectivity index (χ1v) is 3.97. The molecule has 0 radical (unpaired) electrons. The summed E-state index contributed by atoms with van der Waals surface area (Å²) in [4.78, 5) is 10.1. The molecule has 0 saturated carbocycles. The molecule has 0 aromatic carbocycles. The summed E-state index contributed by atoms with van der Waals surface area (Å²) < 4.78 is 4.60. The first-order chi connectivity index (χ1) is 4.77. The second-order valence-electron chi connectivity index (χ2n) is 1.56. The number of hydrogen-bond acceptors (Lipinski definition) is 4. The van der Waals surface area contributed by atoms with Gasteiger partial charge in [-0.3, -0.25) is 4.79 Å². The molecule has 0 spiro atoms. The summed E-state index contributed by atoms with van der Waals surface area (Å²) in [5.74, 6) is 0.673. The average molecular weight is 165 g/mol. The molecule has 0 aromatic heterocycles. The lowest BCUT2D eigenvalue weighted by molar-refractivity contribution is -0.115. The Morgan fingerprint density at radius 3 is 2.90 bits per heavy atom. The summed E-state index contributed by atoms with van der Waals surface area (Å²) in [5.41, 5.74) is 4.86. The Balaban J connectivity index is 2.84. The van der Waals surface area contributed by atoms with Crippen LogP contribution in [0.5, 0.6) is 0 Å². The molecule has 0 aliphatic rings. The van der Waals surface area contributed by atoms with Gasteiger partial charge < -0.3 is 15.6 Å². The minimum Gasteiger partial charge on any atom is -0.371 e. The van der Waals surface area contributed by atoms with Crippen molar-refractivity contribution < 1.29 is 14.6 Å². The number of aliphatic hydroxyl groups excluding tert-OH is 1. The van der Waals surface area contributed by atoms with Crippen molar-refractivity contribution in [3.8, 4) is 0 Å². The van der Waals surface area contributed by atoms with Crippen molar-refractivity contribution in [3.05, 3.63) is 0 Å². The molecule has 10 heavy (non-hydrogen) atoms. The minimum atomic E-state index is -0.325. The predicted molar refractivity (Wildman–Crippen MR) is 39.6 cm³/mol. The maximum atomic E-state index is 10.1. The van der Waals surface area contributed by atoms with Crippen LogP contribution in [0.1, 0.15) is 0 Å². The number of aliphatic hydroxyl groups is 1. The third kappa shape index (κ3) is 7.74. The molecule has 4 nitrogen and oxygen atoms in total. The molecule has 0 atom stereocenters. The van der Waals surface area contributed by atoms with E-state index in [0.717, 1.165) is 0 Å². The molecule has 0 aliphatic carbocycles. The van der Waals surface area contributed by atoms with Gasteiger partial charge in [-0.15, -0.1) is 11.8 Å². The van der Waals surface area contributed by atoms with E-state index in [1.807, 2.05) is 0 Å². The molecule has 0 aromatic rings.